The molecule has 1 atom stereocenters. The second kappa shape index (κ2) is 10.4. The van der Waals surface area contributed by atoms with Gasteiger partial charge in [0, 0.05) is 17.0 Å². The maximum atomic E-state index is 3.92. The molecule has 1 N–H and O–H groups in total. The lowest BCUT2D eigenvalue weighted by atomic mass is 9.97. The minimum atomic E-state index is 0.613. The Morgan fingerprint density at radius 1 is 1.00 bits per heavy atom. The molecule has 2 rings (SSSR count). The molecule has 1 unspecified atom stereocenters. The van der Waals surface area contributed by atoms with Crippen LogP contribution in [-0.4, -0.2) is 12.1 Å². The molecule has 1 nitrogen and oxygen atoms in total. The third-order valence-corrected chi connectivity index (χ3v) is 5.61. The van der Waals surface area contributed by atoms with Gasteiger partial charge in [-0.15, -0.1) is 11.3 Å². The van der Waals surface area contributed by atoms with Crippen LogP contribution in [0.1, 0.15) is 82.4 Å². The molecule has 0 radical (unpaired) electrons. The van der Waals surface area contributed by atoms with Crippen molar-refractivity contribution < 1.29 is 0 Å². The summed E-state index contributed by atoms with van der Waals surface area (Å²) in [5, 5.41) is 6.11. The molecular weight excluding hydrogens is 274 g/mol. The Morgan fingerprint density at radius 3 is 2.10 bits per heavy atom. The van der Waals surface area contributed by atoms with Gasteiger partial charge in [-0.25, -0.2) is 0 Å². The van der Waals surface area contributed by atoms with Crippen molar-refractivity contribution in [1.29, 1.82) is 0 Å². The van der Waals surface area contributed by atoms with Gasteiger partial charge in [0.15, 0.2) is 0 Å². The summed E-state index contributed by atoms with van der Waals surface area (Å²) in [6.07, 6.45) is 17.0. The predicted molar refractivity (Wildman–Crippen MR) is 95.2 cm³/mol. The number of rotatable bonds is 4. The molecule has 1 aromatic heterocycles. The van der Waals surface area contributed by atoms with Crippen LogP contribution in [-0.2, 0) is 6.42 Å². The Kier molecular flexibility index (Phi) is 8.43. The van der Waals surface area contributed by atoms with E-state index < -0.39 is 0 Å². The van der Waals surface area contributed by atoms with Crippen LogP contribution >= 0.6 is 11.3 Å². The predicted octanol–water partition coefficient (Wildman–Crippen LogP) is 5.94. The fourth-order valence-corrected chi connectivity index (χ4v) is 4.36. The van der Waals surface area contributed by atoms with Gasteiger partial charge in [-0.3, -0.25) is 0 Å². The Balaban J connectivity index is 1.74. The van der Waals surface area contributed by atoms with Crippen molar-refractivity contribution in [3.8, 4) is 0 Å². The summed E-state index contributed by atoms with van der Waals surface area (Å²) >= 11 is 1.89. The van der Waals surface area contributed by atoms with Crippen molar-refractivity contribution in [3.63, 3.8) is 0 Å². The van der Waals surface area contributed by atoms with Crippen LogP contribution in [0.15, 0.2) is 17.5 Å². The zero-order valence-electron chi connectivity index (χ0n) is 13.8. The highest BCUT2D eigenvalue weighted by Crippen LogP contribution is 2.18. The SMILES string of the molecule is CC(Cc1cccs1)NC1CCCCCCCCCCC1. The molecule has 120 valence electrons. The molecule has 1 saturated carbocycles. The van der Waals surface area contributed by atoms with Crippen LogP contribution in [0.5, 0.6) is 0 Å². The molecule has 0 spiro atoms. The largest absolute Gasteiger partial charge is 0.311 e. The van der Waals surface area contributed by atoms with Crippen molar-refractivity contribution >= 4 is 11.3 Å². The van der Waals surface area contributed by atoms with Gasteiger partial charge in [-0.2, -0.15) is 0 Å². The Labute approximate surface area is 135 Å². The number of hydrogen-bond acceptors (Lipinski definition) is 2. The average molecular weight is 308 g/mol. The molecule has 1 heterocycles. The third-order valence-electron chi connectivity index (χ3n) is 4.71. The standard InChI is InChI=1S/C19H33NS/c1-17(16-19-14-11-15-21-19)20-18-12-9-7-5-3-2-4-6-8-10-13-18/h11,14-15,17-18,20H,2-10,12-13,16H2,1H3. The van der Waals surface area contributed by atoms with Crippen molar-refractivity contribution in [3.05, 3.63) is 22.4 Å². The Hall–Kier alpha value is -0.340. The first-order chi connectivity index (χ1) is 10.3. The van der Waals surface area contributed by atoms with Crippen LogP contribution < -0.4 is 5.32 Å². The molecule has 0 bridgehead atoms. The van der Waals surface area contributed by atoms with Gasteiger partial charge in [0.25, 0.3) is 0 Å². The van der Waals surface area contributed by atoms with Gasteiger partial charge in [-0.1, -0.05) is 63.9 Å². The van der Waals surface area contributed by atoms with Crippen LogP contribution in [0.4, 0.5) is 0 Å². The molecule has 0 aromatic carbocycles. The van der Waals surface area contributed by atoms with Gasteiger partial charge in [0.1, 0.15) is 0 Å². The second-order valence-electron chi connectivity index (χ2n) is 6.81. The van der Waals surface area contributed by atoms with Gasteiger partial charge in [-0.05, 0) is 37.6 Å². The summed E-state index contributed by atoms with van der Waals surface area (Å²) in [7, 11) is 0. The summed E-state index contributed by atoms with van der Waals surface area (Å²) in [5.41, 5.74) is 0. The first-order valence-electron chi connectivity index (χ1n) is 9.13. The molecular formula is C19H33NS. The van der Waals surface area contributed by atoms with Crippen molar-refractivity contribution in [2.75, 3.05) is 0 Å². The molecule has 2 heteroatoms. The normalized spacial score (nSPS) is 21.4. The molecule has 1 aliphatic carbocycles. The van der Waals surface area contributed by atoms with Crippen LogP contribution in [0.2, 0.25) is 0 Å². The van der Waals surface area contributed by atoms with Gasteiger partial charge < -0.3 is 5.32 Å². The van der Waals surface area contributed by atoms with E-state index in [0.29, 0.717) is 6.04 Å². The monoisotopic (exact) mass is 307 g/mol. The summed E-state index contributed by atoms with van der Waals surface area (Å²) in [4.78, 5) is 1.52. The number of thiophene rings is 1. The first-order valence-corrected chi connectivity index (χ1v) is 10.0. The van der Waals surface area contributed by atoms with E-state index >= 15 is 0 Å². The van der Waals surface area contributed by atoms with Crippen molar-refractivity contribution in [1.82, 2.24) is 5.32 Å². The number of nitrogens with one attached hydrogen (secondary N) is 1. The lowest BCUT2D eigenvalue weighted by Crippen LogP contribution is -2.37. The lowest BCUT2D eigenvalue weighted by molar-refractivity contribution is 0.370. The quantitative estimate of drug-likeness (QED) is 0.725. The molecule has 1 fully saturated rings. The maximum absolute atomic E-state index is 3.92. The summed E-state index contributed by atoms with van der Waals surface area (Å²) < 4.78 is 0. The van der Waals surface area contributed by atoms with Crippen LogP contribution in [0.25, 0.3) is 0 Å². The zero-order chi connectivity index (χ0) is 14.8. The minimum absolute atomic E-state index is 0.613. The van der Waals surface area contributed by atoms with E-state index in [1.54, 1.807) is 0 Å². The Bertz CT molecular complexity index is 334. The molecule has 0 aliphatic heterocycles. The highest BCUT2D eigenvalue weighted by molar-refractivity contribution is 7.09. The van der Waals surface area contributed by atoms with E-state index in [2.05, 4.69) is 29.8 Å². The topological polar surface area (TPSA) is 12.0 Å². The van der Waals surface area contributed by atoms with Gasteiger partial charge in [0.05, 0.1) is 0 Å². The van der Waals surface area contributed by atoms with E-state index in [0.717, 1.165) is 6.04 Å². The van der Waals surface area contributed by atoms with E-state index in [9.17, 15) is 0 Å². The minimum Gasteiger partial charge on any atom is -0.311 e. The highest BCUT2D eigenvalue weighted by Gasteiger charge is 2.13. The van der Waals surface area contributed by atoms with Gasteiger partial charge in [0.2, 0.25) is 0 Å². The van der Waals surface area contributed by atoms with Crippen LogP contribution in [0.3, 0.4) is 0 Å². The van der Waals surface area contributed by atoms with Crippen molar-refractivity contribution in [2.45, 2.75) is 96.1 Å². The summed E-state index contributed by atoms with van der Waals surface area (Å²) in [6, 6.07) is 5.80. The van der Waals surface area contributed by atoms with E-state index in [4.69, 9.17) is 0 Å². The summed E-state index contributed by atoms with van der Waals surface area (Å²) in [6.45, 7) is 2.36. The van der Waals surface area contributed by atoms with Crippen LogP contribution in [0, 0.1) is 0 Å². The van der Waals surface area contributed by atoms with E-state index in [1.165, 1.54) is 81.9 Å². The third kappa shape index (κ3) is 7.46. The fourth-order valence-electron chi connectivity index (χ4n) is 3.52. The summed E-state index contributed by atoms with van der Waals surface area (Å²) in [5.74, 6) is 0. The second-order valence-corrected chi connectivity index (χ2v) is 7.84. The van der Waals surface area contributed by atoms with E-state index in [-0.39, 0.29) is 0 Å². The molecule has 1 aliphatic rings. The Morgan fingerprint density at radius 2 is 1.57 bits per heavy atom. The maximum Gasteiger partial charge on any atom is 0.00896 e. The van der Waals surface area contributed by atoms with Crippen molar-refractivity contribution in [2.24, 2.45) is 0 Å². The fraction of sp³-hybridized carbons (Fsp3) is 0.789. The highest BCUT2D eigenvalue weighted by atomic mass is 32.1. The van der Waals surface area contributed by atoms with E-state index in [1.807, 2.05) is 11.3 Å². The zero-order valence-corrected chi connectivity index (χ0v) is 14.6. The first kappa shape index (κ1) is 17.0. The average Bonchev–Trinajstić information content (AvgIpc) is 2.94. The molecule has 0 amide bonds. The molecule has 0 saturated heterocycles. The lowest BCUT2D eigenvalue weighted by Gasteiger charge is -2.24. The molecule has 21 heavy (non-hydrogen) atoms. The van der Waals surface area contributed by atoms with Gasteiger partial charge >= 0.3 is 0 Å². The number of hydrogen-bond donors (Lipinski definition) is 1. The molecule has 1 aromatic rings. The smallest absolute Gasteiger partial charge is 0.00896 e.